The van der Waals surface area contributed by atoms with E-state index in [9.17, 15) is 9.59 Å². The van der Waals surface area contributed by atoms with Crippen LogP contribution in [0.2, 0.25) is 0 Å². The molecule has 0 saturated heterocycles. The van der Waals surface area contributed by atoms with Crippen molar-refractivity contribution in [2.75, 3.05) is 0 Å². The Bertz CT molecular complexity index is 266. The van der Waals surface area contributed by atoms with Crippen LogP contribution in [0.4, 0.5) is 0 Å². The number of aryl methyl sites for hydroxylation is 1. The second-order valence-electron chi connectivity index (χ2n) is 1.75. The summed E-state index contributed by atoms with van der Waals surface area (Å²) in [6, 6.07) is 0. The van der Waals surface area contributed by atoms with Gasteiger partial charge in [-0.2, -0.15) is 0 Å². The van der Waals surface area contributed by atoms with E-state index in [1.54, 1.807) is 12.4 Å². The highest BCUT2D eigenvalue weighted by atomic mass is 32.1. The average Bonchev–Trinajstić information content (AvgIpc) is 2.34. The Balaban J connectivity index is 3.04. The first-order valence-electron chi connectivity index (χ1n) is 2.65. The van der Waals surface area contributed by atoms with Crippen molar-refractivity contribution in [3.63, 3.8) is 0 Å². The number of nitrogens with zero attached hydrogens (tertiary/aromatic N) is 1. The van der Waals surface area contributed by atoms with Crippen molar-refractivity contribution in [2.24, 2.45) is 0 Å². The fourth-order valence-electron chi connectivity index (χ4n) is 0.592. The molecule has 0 radical (unpaired) electrons. The summed E-state index contributed by atoms with van der Waals surface area (Å²) in [5.74, 6) is -0.486. The normalized spacial score (nSPS) is 9.30. The van der Waals surface area contributed by atoms with Crippen LogP contribution in [0.5, 0.6) is 0 Å². The van der Waals surface area contributed by atoms with Crippen LogP contribution >= 0.6 is 11.3 Å². The lowest BCUT2D eigenvalue weighted by molar-refractivity contribution is -0.104. The molecule has 0 fully saturated rings. The number of rotatable bonds is 2. The molecule has 0 aliphatic heterocycles. The molecule has 0 bridgehead atoms. The molecule has 1 aromatic heterocycles. The van der Waals surface area contributed by atoms with Crippen LogP contribution in [-0.4, -0.2) is 17.1 Å². The molecular weight excluding hydrogens is 150 g/mol. The number of carbonyl (C=O) groups is 2. The highest BCUT2D eigenvalue weighted by Gasteiger charge is 2.08. The van der Waals surface area contributed by atoms with Gasteiger partial charge in [-0.25, -0.2) is 4.98 Å². The van der Waals surface area contributed by atoms with Gasteiger partial charge >= 0.3 is 0 Å². The molecular formula is C6H5NO2S. The van der Waals surface area contributed by atoms with Gasteiger partial charge in [0.05, 0.1) is 11.2 Å². The van der Waals surface area contributed by atoms with Crippen LogP contribution in [0.1, 0.15) is 15.4 Å². The van der Waals surface area contributed by atoms with Crippen molar-refractivity contribution in [2.45, 2.75) is 6.92 Å². The Hall–Kier alpha value is -1.03. The number of ketones is 1. The smallest absolute Gasteiger partial charge is 0.237 e. The lowest BCUT2D eigenvalue weighted by Gasteiger charge is -1.84. The quantitative estimate of drug-likeness (QED) is 0.361. The standard InChI is InChI=1S/C6H5NO2S/c1-4-6(5(9)2-8)10-3-7-4/h2-3H,1H3. The zero-order valence-electron chi connectivity index (χ0n) is 5.33. The number of hydrogen-bond donors (Lipinski definition) is 0. The Morgan fingerprint density at radius 1 is 1.80 bits per heavy atom. The van der Waals surface area contributed by atoms with Crippen LogP contribution < -0.4 is 0 Å². The Morgan fingerprint density at radius 2 is 2.50 bits per heavy atom. The fraction of sp³-hybridized carbons (Fsp3) is 0.167. The lowest BCUT2D eigenvalue weighted by atomic mass is 10.3. The fourth-order valence-corrected chi connectivity index (χ4v) is 1.30. The van der Waals surface area contributed by atoms with Crippen LogP contribution in [0.15, 0.2) is 5.51 Å². The highest BCUT2D eigenvalue weighted by Crippen LogP contribution is 2.11. The monoisotopic (exact) mass is 155 g/mol. The van der Waals surface area contributed by atoms with Gasteiger partial charge in [0, 0.05) is 0 Å². The van der Waals surface area contributed by atoms with Crippen molar-refractivity contribution in [3.05, 3.63) is 16.1 Å². The molecule has 0 saturated carbocycles. The predicted octanol–water partition coefficient (Wildman–Crippen LogP) is 0.833. The van der Waals surface area contributed by atoms with Crippen molar-refractivity contribution in [1.82, 2.24) is 4.98 Å². The first-order valence-corrected chi connectivity index (χ1v) is 3.53. The Labute approximate surface area is 61.7 Å². The predicted molar refractivity (Wildman–Crippen MR) is 37.2 cm³/mol. The second kappa shape index (κ2) is 2.70. The van der Waals surface area contributed by atoms with Gasteiger partial charge in [0.1, 0.15) is 4.88 Å². The van der Waals surface area contributed by atoms with Gasteiger partial charge in [0.2, 0.25) is 5.78 Å². The minimum Gasteiger partial charge on any atom is -0.294 e. The SMILES string of the molecule is Cc1ncsc1C(=O)C=O. The Morgan fingerprint density at radius 3 is 2.90 bits per heavy atom. The van der Waals surface area contributed by atoms with E-state index in [2.05, 4.69) is 4.98 Å². The zero-order valence-corrected chi connectivity index (χ0v) is 6.14. The number of thiazole rings is 1. The molecule has 4 heteroatoms. The number of hydrogen-bond acceptors (Lipinski definition) is 4. The molecule has 10 heavy (non-hydrogen) atoms. The maximum Gasteiger partial charge on any atom is 0.237 e. The van der Waals surface area contributed by atoms with Crippen LogP contribution in [0.3, 0.4) is 0 Å². The summed E-state index contributed by atoms with van der Waals surface area (Å²) >= 11 is 1.19. The van der Waals surface area contributed by atoms with Gasteiger partial charge in [-0.3, -0.25) is 9.59 Å². The molecule has 0 aromatic carbocycles. The molecule has 0 unspecified atom stereocenters. The van der Waals surface area contributed by atoms with E-state index >= 15 is 0 Å². The van der Waals surface area contributed by atoms with E-state index in [1.165, 1.54) is 11.3 Å². The third kappa shape index (κ3) is 1.11. The molecule has 0 atom stereocenters. The number of Topliss-reactive ketones (excluding diaryl/α,β-unsaturated/α-hetero) is 1. The summed E-state index contributed by atoms with van der Waals surface area (Å²) in [6.45, 7) is 1.70. The number of aldehydes is 1. The molecule has 0 amide bonds. The van der Waals surface area contributed by atoms with E-state index in [4.69, 9.17) is 0 Å². The molecule has 3 nitrogen and oxygen atoms in total. The molecule has 0 spiro atoms. The largest absolute Gasteiger partial charge is 0.294 e. The van der Waals surface area contributed by atoms with Gasteiger partial charge in [-0.15, -0.1) is 11.3 Å². The number of carbonyl (C=O) groups excluding carboxylic acids is 2. The van der Waals surface area contributed by atoms with Crippen LogP contribution in [-0.2, 0) is 4.79 Å². The maximum atomic E-state index is 10.7. The summed E-state index contributed by atoms with van der Waals surface area (Å²) in [5.41, 5.74) is 2.17. The molecule has 0 N–H and O–H groups in total. The average molecular weight is 155 g/mol. The third-order valence-corrected chi connectivity index (χ3v) is 2.02. The molecule has 52 valence electrons. The second-order valence-corrected chi connectivity index (χ2v) is 2.60. The summed E-state index contributed by atoms with van der Waals surface area (Å²) in [7, 11) is 0. The molecule has 1 heterocycles. The lowest BCUT2D eigenvalue weighted by Crippen LogP contribution is -1.98. The number of aromatic nitrogens is 1. The topological polar surface area (TPSA) is 47.0 Å². The van der Waals surface area contributed by atoms with E-state index in [-0.39, 0.29) is 0 Å². The van der Waals surface area contributed by atoms with Crippen molar-refractivity contribution >= 4 is 23.4 Å². The third-order valence-electron chi connectivity index (χ3n) is 1.08. The van der Waals surface area contributed by atoms with Gasteiger partial charge in [-0.1, -0.05) is 0 Å². The first kappa shape index (κ1) is 7.08. The van der Waals surface area contributed by atoms with Gasteiger partial charge < -0.3 is 0 Å². The van der Waals surface area contributed by atoms with Gasteiger partial charge in [-0.05, 0) is 6.92 Å². The zero-order chi connectivity index (χ0) is 7.56. The Kier molecular flexibility index (Phi) is 1.91. The molecule has 1 rings (SSSR count). The van der Waals surface area contributed by atoms with Gasteiger partial charge in [0.25, 0.3) is 0 Å². The first-order chi connectivity index (χ1) is 4.75. The van der Waals surface area contributed by atoms with Crippen LogP contribution in [0.25, 0.3) is 0 Å². The van der Waals surface area contributed by atoms with E-state index in [0.717, 1.165) is 0 Å². The molecule has 0 aliphatic carbocycles. The maximum absolute atomic E-state index is 10.7. The van der Waals surface area contributed by atoms with E-state index in [1.807, 2.05) is 0 Å². The molecule has 1 aromatic rings. The summed E-state index contributed by atoms with van der Waals surface area (Å²) in [5, 5.41) is 0. The van der Waals surface area contributed by atoms with E-state index in [0.29, 0.717) is 16.9 Å². The summed E-state index contributed by atoms with van der Waals surface area (Å²) < 4.78 is 0. The van der Waals surface area contributed by atoms with E-state index < -0.39 is 5.78 Å². The van der Waals surface area contributed by atoms with Gasteiger partial charge in [0.15, 0.2) is 6.29 Å². The van der Waals surface area contributed by atoms with Crippen molar-refractivity contribution < 1.29 is 9.59 Å². The van der Waals surface area contributed by atoms with Crippen LogP contribution in [0, 0.1) is 6.92 Å². The summed E-state index contributed by atoms with van der Waals surface area (Å²) in [4.78, 5) is 24.9. The molecule has 0 aliphatic rings. The minimum absolute atomic E-state index is 0.306. The highest BCUT2D eigenvalue weighted by molar-refractivity contribution is 7.12. The van der Waals surface area contributed by atoms with Crippen molar-refractivity contribution in [3.8, 4) is 0 Å². The summed E-state index contributed by atoms with van der Waals surface area (Å²) in [6.07, 6.45) is 0.306. The minimum atomic E-state index is -0.486. The van der Waals surface area contributed by atoms with Crippen molar-refractivity contribution in [1.29, 1.82) is 0 Å².